The maximum absolute atomic E-state index is 6.25. The molecule has 2 saturated carbocycles. The highest BCUT2D eigenvalue weighted by Crippen LogP contribution is 2.53. The number of aryl methyl sites for hydroxylation is 2. The van der Waals surface area contributed by atoms with Crippen molar-refractivity contribution in [2.75, 3.05) is 0 Å². The molecule has 3 rings (SSSR count). The Bertz CT molecular complexity index is 471. The fourth-order valence-electron chi connectivity index (χ4n) is 3.81. The van der Waals surface area contributed by atoms with Crippen LogP contribution < -0.4 is 10.5 Å². The summed E-state index contributed by atoms with van der Waals surface area (Å²) in [6, 6.07) is 4.42. The second kappa shape index (κ2) is 4.68. The Balaban J connectivity index is 1.79. The van der Waals surface area contributed by atoms with Gasteiger partial charge in [0.2, 0.25) is 0 Å². The zero-order chi connectivity index (χ0) is 13.6. The molecule has 2 aliphatic carbocycles. The highest BCUT2D eigenvalue weighted by Gasteiger charge is 2.56. The minimum Gasteiger partial charge on any atom is -0.490 e. The summed E-state index contributed by atoms with van der Waals surface area (Å²) >= 11 is 6.20. The molecule has 1 aromatic rings. The largest absolute Gasteiger partial charge is 0.490 e. The van der Waals surface area contributed by atoms with E-state index in [-0.39, 0.29) is 5.41 Å². The lowest BCUT2D eigenvalue weighted by atomic mass is 9.61. The molecule has 2 nitrogen and oxygen atoms in total. The van der Waals surface area contributed by atoms with E-state index in [4.69, 9.17) is 22.1 Å². The molecule has 3 heteroatoms. The molecule has 0 aromatic heterocycles. The molecule has 0 heterocycles. The number of rotatable bonds is 2. The minimum absolute atomic E-state index is 0.251. The van der Waals surface area contributed by atoms with Gasteiger partial charge >= 0.3 is 0 Å². The highest BCUT2D eigenvalue weighted by molar-refractivity contribution is 6.32. The molecule has 0 bridgehead atoms. The number of hydrogen-bond acceptors (Lipinski definition) is 2. The van der Waals surface area contributed by atoms with Gasteiger partial charge in [-0.05, 0) is 49.9 Å². The fraction of sp³-hybridized carbons (Fsp3) is 0.625. The maximum atomic E-state index is 6.25. The van der Waals surface area contributed by atoms with Crippen LogP contribution in [0.2, 0.25) is 5.02 Å². The predicted octanol–water partition coefficient (Wildman–Crippen LogP) is 4.00. The maximum Gasteiger partial charge on any atom is 0.120 e. The lowest BCUT2D eigenvalue weighted by Crippen LogP contribution is -2.62. The van der Waals surface area contributed by atoms with Gasteiger partial charge in [0.15, 0.2) is 0 Å². The number of nitrogens with two attached hydrogens (primary N) is 1. The van der Waals surface area contributed by atoms with E-state index in [1.165, 1.54) is 25.7 Å². The smallest absolute Gasteiger partial charge is 0.120 e. The molecule has 1 aromatic carbocycles. The number of hydrogen-bond donors (Lipinski definition) is 1. The summed E-state index contributed by atoms with van der Waals surface area (Å²) in [4.78, 5) is 0. The van der Waals surface area contributed by atoms with E-state index in [0.29, 0.717) is 12.1 Å². The first-order valence-corrected chi connectivity index (χ1v) is 7.60. The van der Waals surface area contributed by atoms with Gasteiger partial charge in [0, 0.05) is 22.9 Å². The third-order valence-electron chi connectivity index (χ3n) is 5.07. The quantitative estimate of drug-likeness (QED) is 0.888. The number of benzene rings is 1. The van der Waals surface area contributed by atoms with Crippen LogP contribution in [-0.4, -0.2) is 12.1 Å². The van der Waals surface area contributed by atoms with Crippen molar-refractivity contribution in [1.29, 1.82) is 0 Å². The van der Waals surface area contributed by atoms with Gasteiger partial charge in [0.05, 0.1) is 0 Å². The third kappa shape index (κ3) is 2.05. The molecule has 2 N–H and O–H groups in total. The highest BCUT2D eigenvalue weighted by atomic mass is 35.5. The Hall–Kier alpha value is -0.730. The topological polar surface area (TPSA) is 35.2 Å². The van der Waals surface area contributed by atoms with Crippen LogP contribution in [0.15, 0.2) is 12.1 Å². The predicted molar refractivity (Wildman–Crippen MR) is 78.8 cm³/mol. The summed E-state index contributed by atoms with van der Waals surface area (Å²) in [7, 11) is 0. The molecule has 2 atom stereocenters. The summed E-state index contributed by atoms with van der Waals surface area (Å²) in [5, 5.41) is 0.841. The molecular formula is C16H22ClNO. The Labute approximate surface area is 120 Å². The summed E-state index contributed by atoms with van der Waals surface area (Å²) in [6.07, 6.45) is 6.33. The third-order valence-corrected chi connectivity index (χ3v) is 5.67. The van der Waals surface area contributed by atoms with Gasteiger partial charge in [0.1, 0.15) is 11.9 Å². The van der Waals surface area contributed by atoms with Gasteiger partial charge in [-0.2, -0.15) is 0 Å². The van der Waals surface area contributed by atoms with E-state index >= 15 is 0 Å². The molecule has 2 unspecified atom stereocenters. The molecule has 104 valence electrons. The van der Waals surface area contributed by atoms with Crippen molar-refractivity contribution in [3.63, 3.8) is 0 Å². The number of halogens is 1. The second-order valence-electron chi connectivity index (χ2n) is 6.26. The lowest BCUT2D eigenvalue weighted by molar-refractivity contribution is -0.0620. The zero-order valence-electron chi connectivity index (χ0n) is 11.7. The molecule has 0 amide bonds. The van der Waals surface area contributed by atoms with Gasteiger partial charge in [-0.3, -0.25) is 0 Å². The first kappa shape index (κ1) is 13.3. The lowest BCUT2D eigenvalue weighted by Gasteiger charge is -2.52. The average molecular weight is 280 g/mol. The Kier molecular flexibility index (Phi) is 3.26. The monoisotopic (exact) mass is 279 g/mol. The SMILES string of the molecule is Cc1cc(OC2CC(N)C23CCCC3)cc(C)c1Cl. The van der Waals surface area contributed by atoms with Crippen LogP contribution >= 0.6 is 11.6 Å². The molecular weight excluding hydrogens is 258 g/mol. The van der Waals surface area contributed by atoms with E-state index < -0.39 is 0 Å². The molecule has 2 aliphatic rings. The van der Waals surface area contributed by atoms with Gasteiger partial charge < -0.3 is 10.5 Å². The van der Waals surface area contributed by atoms with Crippen molar-refractivity contribution < 1.29 is 4.74 Å². The van der Waals surface area contributed by atoms with E-state index in [1.54, 1.807) is 0 Å². The van der Waals surface area contributed by atoms with Crippen LogP contribution in [0.4, 0.5) is 0 Å². The Morgan fingerprint density at radius 3 is 2.32 bits per heavy atom. The summed E-state index contributed by atoms with van der Waals surface area (Å²) in [5.74, 6) is 0.947. The van der Waals surface area contributed by atoms with E-state index in [2.05, 4.69) is 0 Å². The average Bonchev–Trinajstić information content (AvgIpc) is 2.88. The van der Waals surface area contributed by atoms with Crippen molar-refractivity contribution in [2.45, 2.75) is 58.1 Å². The molecule has 0 radical (unpaired) electrons. The molecule has 19 heavy (non-hydrogen) atoms. The fourth-order valence-corrected chi connectivity index (χ4v) is 3.92. The van der Waals surface area contributed by atoms with Gasteiger partial charge in [-0.25, -0.2) is 0 Å². The standard InChI is InChI=1S/C16H22ClNO/c1-10-7-12(8-11(2)15(10)17)19-14-9-13(18)16(14)5-3-4-6-16/h7-8,13-14H,3-6,9,18H2,1-2H3. The van der Waals surface area contributed by atoms with Crippen LogP contribution in [0.3, 0.4) is 0 Å². The van der Waals surface area contributed by atoms with Crippen molar-refractivity contribution in [1.82, 2.24) is 0 Å². The first-order chi connectivity index (χ1) is 9.03. The van der Waals surface area contributed by atoms with E-state index in [1.807, 2.05) is 26.0 Å². The van der Waals surface area contributed by atoms with Crippen LogP contribution in [0.1, 0.15) is 43.2 Å². The van der Waals surface area contributed by atoms with E-state index in [0.717, 1.165) is 28.3 Å². The zero-order valence-corrected chi connectivity index (χ0v) is 12.5. The Morgan fingerprint density at radius 1 is 1.21 bits per heavy atom. The Morgan fingerprint density at radius 2 is 1.79 bits per heavy atom. The van der Waals surface area contributed by atoms with Crippen LogP contribution in [0.25, 0.3) is 0 Å². The van der Waals surface area contributed by atoms with Crippen molar-refractivity contribution >= 4 is 11.6 Å². The van der Waals surface area contributed by atoms with Crippen molar-refractivity contribution in [3.05, 3.63) is 28.3 Å². The van der Waals surface area contributed by atoms with Crippen LogP contribution in [-0.2, 0) is 0 Å². The van der Waals surface area contributed by atoms with Gasteiger partial charge in [-0.1, -0.05) is 24.4 Å². The molecule has 0 saturated heterocycles. The summed E-state index contributed by atoms with van der Waals surface area (Å²) in [5.41, 5.74) is 8.67. The molecule has 0 aliphatic heterocycles. The summed E-state index contributed by atoms with van der Waals surface area (Å²) < 4.78 is 6.24. The van der Waals surface area contributed by atoms with E-state index in [9.17, 15) is 0 Å². The minimum atomic E-state index is 0.251. The summed E-state index contributed by atoms with van der Waals surface area (Å²) in [6.45, 7) is 4.06. The second-order valence-corrected chi connectivity index (χ2v) is 6.64. The van der Waals surface area contributed by atoms with Crippen molar-refractivity contribution in [2.24, 2.45) is 11.1 Å². The van der Waals surface area contributed by atoms with Crippen molar-refractivity contribution in [3.8, 4) is 5.75 Å². The first-order valence-electron chi connectivity index (χ1n) is 7.22. The van der Waals surface area contributed by atoms with Gasteiger partial charge in [-0.15, -0.1) is 0 Å². The number of ether oxygens (including phenoxy) is 1. The van der Waals surface area contributed by atoms with Crippen LogP contribution in [0, 0.1) is 19.3 Å². The van der Waals surface area contributed by atoms with Gasteiger partial charge in [0.25, 0.3) is 0 Å². The molecule has 2 fully saturated rings. The normalized spacial score (nSPS) is 28.4. The van der Waals surface area contributed by atoms with Crippen LogP contribution in [0.5, 0.6) is 5.75 Å². The molecule has 1 spiro atoms.